The first-order valence-electron chi connectivity index (χ1n) is 6.89. The lowest BCUT2D eigenvalue weighted by atomic mass is 9.96. The van der Waals surface area contributed by atoms with Gasteiger partial charge in [-0.05, 0) is 24.8 Å². The highest BCUT2D eigenvalue weighted by Gasteiger charge is 2.29. The molecular weight excluding hydrogens is 240 g/mol. The van der Waals surface area contributed by atoms with Gasteiger partial charge in [0.2, 0.25) is 0 Å². The fourth-order valence-electron chi connectivity index (χ4n) is 2.23. The van der Waals surface area contributed by atoms with E-state index in [1.807, 2.05) is 37.4 Å². The third-order valence-electron chi connectivity index (χ3n) is 3.66. The van der Waals surface area contributed by atoms with Crippen molar-refractivity contribution in [2.75, 3.05) is 20.2 Å². The molecule has 0 aromatic heterocycles. The number of carbonyl (C=O) groups excluding carboxylic acids is 1. The van der Waals surface area contributed by atoms with E-state index < -0.39 is 0 Å². The number of rotatable bonds is 6. The average Bonchev–Trinajstić information content (AvgIpc) is 3.27. The number of nitrogens with one attached hydrogen (secondary N) is 1. The van der Waals surface area contributed by atoms with Crippen LogP contribution in [0, 0.1) is 0 Å². The van der Waals surface area contributed by atoms with Gasteiger partial charge < -0.3 is 15.3 Å². The number of carbonyl (C=O) groups is 1. The fourth-order valence-corrected chi connectivity index (χ4v) is 2.23. The fraction of sp³-hybridized carbons (Fsp3) is 0.533. The summed E-state index contributed by atoms with van der Waals surface area (Å²) in [4.78, 5) is 13.7. The lowest BCUT2D eigenvalue weighted by molar-refractivity contribution is 0.204. The van der Waals surface area contributed by atoms with Crippen molar-refractivity contribution < 1.29 is 9.90 Å². The number of amides is 2. The van der Waals surface area contributed by atoms with Gasteiger partial charge in [-0.25, -0.2) is 4.79 Å². The predicted molar refractivity (Wildman–Crippen MR) is 75.1 cm³/mol. The van der Waals surface area contributed by atoms with Crippen molar-refractivity contribution in [3.63, 3.8) is 0 Å². The summed E-state index contributed by atoms with van der Waals surface area (Å²) in [5.74, 6) is 0.169. The highest BCUT2D eigenvalue weighted by Crippen LogP contribution is 2.25. The Hall–Kier alpha value is -1.55. The van der Waals surface area contributed by atoms with Crippen LogP contribution < -0.4 is 5.32 Å². The van der Waals surface area contributed by atoms with Gasteiger partial charge >= 0.3 is 6.03 Å². The molecule has 4 nitrogen and oxygen atoms in total. The first-order chi connectivity index (χ1) is 9.22. The molecule has 4 heteroatoms. The molecule has 0 aliphatic heterocycles. The van der Waals surface area contributed by atoms with Gasteiger partial charge in [-0.1, -0.05) is 30.3 Å². The van der Waals surface area contributed by atoms with Crippen molar-refractivity contribution in [2.45, 2.75) is 31.2 Å². The molecule has 0 bridgehead atoms. The lowest BCUT2D eigenvalue weighted by Gasteiger charge is -2.21. The Bertz CT molecular complexity index is 404. The van der Waals surface area contributed by atoms with E-state index in [1.54, 1.807) is 4.90 Å². The monoisotopic (exact) mass is 262 g/mol. The number of benzene rings is 1. The van der Waals surface area contributed by atoms with Crippen molar-refractivity contribution in [1.29, 1.82) is 0 Å². The molecule has 1 aromatic rings. The van der Waals surface area contributed by atoms with Gasteiger partial charge in [0.05, 0.1) is 0 Å². The second-order valence-corrected chi connectivity index (χ2v) is 5.15. The van der Waals surface area contributed by atoms with E-state index in [4.69, 9.17) is 5.11 Å². The summed E-state index contributed by atoms with van der Waals surface area (Å²) in [7, 11) is 1.84. The molecule has 104 valence electrons. The third-order valence-corrected chi connectivity index (χ3v) is 3.66. The predicted octanol–water partition coefficient (Wildman–Crippen LogP) is 1.96. The van der Waals surface area contributed by atoms with Crippen molar-refractivity contribution in [2.24, 2.45) is 0 Å². The van der Waals surface area contributed by atoms with Gasteiger partial charge in [0.1, 0.15) is 0 Å². The molecule has 1 fully saturated rings. The van der Waals surface area contributed by atoms with Gasteiger partial charge in [0, 0.05) is 32.2 Å². The SMILES string of the molecule is CN(C(=O)NCC(CCO)c1ccccc1)C1CC1. The van der Waals surface area contributed by atoms with Crippen LogP contribution in [0.25, 0.3) is 0 Å². The first-order valence-corrected chi connectivity index (χ1v) is 6.89. The van der Waals surface area contributed by atoms with Gasteiger partial charge in [-0.3, -0.25) is 0 Å². The number of hydrogen-bond acceptors (Lipinski definition) is 2. The summed E-state index contributed by atoms with van der Waals surface area (Å²) in [5.41, 5.74) is 1.16. The summed E-state index contributed by atoms with van der Waals surface area (Å²) >= 11 is 0. The second kappa shape index (κ2) is 6.57. The molecule has 0 heterocycles. The molecule has 19 heavy (non-hydrogen) atoms. The molecule has 2 rings (SSSR count). The maximum absolute atomic E-state index is 11.9. The zero-order valence-electron chi connectivity index (χ0n) is 11.4. The number of aliphatic hydroxyl groups is 1. The summed E-state index contributed by atoms with van der Waals surface area (Å²) in [6.07, 6.45) is 2.89. The maximum Gasteiger partial charge on any atom is 0.317 e. The largest absolute Gasteiger partial charge is 0.396 e. The van der Waals surface area contributed by atoms with Crippen LogP contribution in [0.2, 0.25) is 0 Å². The molecule has 1 aromatic carbocycles. The van der Waals surface area contributed by atoms with Crippen LogP contribution in [0.3, 0.4) is 0 Å². The van der Waals surface area contributed by atoms with E-state index in [2.05, 4.69) is 5.32 Å². The van der Waals surface area contributed by atoms with Crippen LogP contribution in [0.5, 0.6) is 0 Å². The van der Waals surface area contributed by atoms with Crippen molar-refractivity contribution in [1.82, 2.24) is 10.2 Å². The molecule has 0 spiro atoms. The summed E-state index contributed by atoms with van der Waals surface area (Å²) in [6.45, 7) is 0.703. The Labute approximate surface area is 114 Å². The van der Waals surface area contributed by atoms with Gasteiger partial charge in [-0.15, -0.1) is 0 Å². The zero-order chi connectivity index (χ0) is 13.7. The van der Waals surface area contributed by atoms with E-state index in [0.29, 0.717) is 19.0 Å². The van der Waals surface area contributed by atoms with Crippen LogP contribution in [0.1, 0.15) is 30.7 Å². The smallest absolute Gasteiger partial charge is 0.317 e. The summed E-state index contributed by atoms with van der Waals surface area (Å²) in [6, 6.07) is 10.4. The van der Waals surface area contributed by atoms with Crippen LogP contribution in [-0.4, -0.2) is 42.3 Å². The lowest BCUT2D eigenvalue weighted by Crippen LogP contribution is -2.40. The number of urea groups is 1. The number of nitrogens with zero attached hydrogens (tertiary/aromatic N) is 1. The zero-order valence-corrected chi connectivity index (χ0v) is 11.4. The summed E-state index contributed by atoms with van der Waals surface area (Å²) in [5, 5.41) is 12.1. The van der Waals surface area contributed by atoms with E-state index in [9.17, 15) is 4.79 Å². The summed E-state index contributed by atoms with van der Waals surface area (Å²) < 4.78 is 0. The van der Waals surface area contributed by atoms with Gasteiger partial charge in [0.25, 0.3) is 0 Å². The third kappa shape index (κ3) is 3.96. The van der Waals surface area contributed by atoms with Gasteiger partial charge in [-0.2, -0.15) is 0 Å². The second-order valence-electron chi connectivity index (χ2n) is 5.15. The minimum Gasteiger partial charge on any atom is -0.396 e. The first kappa shape index (κ1) is 13.9. The Morgan fingerprint density at radius 2 is 2.11 bits per heavy atom. The van der Waals surface area contributed by atoms with Crippen molar-refractivity contribution >= 4 is 6.03 Å². The number of aliphatic hydroxyl groups excluding tert-OH is 1. The quantitative estimate of drug-likeness (QED) is 0.823. The Morgan fingerprint density at radius 3 is 2.68 bits per heavy atom. The molecule has 2 N–H and O–H groups in total. The molecule has 1 aliphatic rings. The van der Waals surface area contributed by atoms with Crippen molar-refractivity contribution in [3.8, 4) is 0 Å². The maximum atomic E-state index is 11.9. The topological polar surface area (TPSA) is 52.6 Å². The Kier molecular flexibility index (Phi) is 4.80. The van der Waals surface area contributed by atoms with Crippen LogP contribution in [-0.2, 0) is 0 Å². The minimum absolute atomic E-state index is 0.0126. The van der Waals surface area contributed by atoms with E-state index in [0.717, 1.165) is 18.4 Å². The molecule has 2 amide bonds. The molecule has 1 saturated carbocycles. The highest BCUT2D eigenvalue weighted by atomic mass is 16.3. The van der Waals surface area contributed by atoms with Crippen molar-refractivity contribution in [3.05, 3.63) is 35.9 Å². The molecule has 0 radical (unpaired) electrons. The number of hydrogen-bond donors (Lipinski definition) is 2. The van der Waals surface area contributed by atoms with Gasteiger partial charge in [0.15, 0.2) is 0 Å². The van der Waals surface area contributed by atoms with E-state index in [1.165, 1.54) is 0 Å². The molecule has 1 unspecified atom stereocenters. The average molecular weight is 262 g/mol. The van der Waals surface area contributed by atoms with Crippen LogP contribution in [0.15, 0.2) is 30.3 Å². The Morgan fingerprint density at radius 1 is 1.42 bits per heavy atom. The Balaban J connectivity index is 1.88. The standard InChI is InChI=1S/C15H22N2O2/c1-17(14-7-8-14)15(19)16-11-13(9-10-18)12-5-3-2-4-6-12/h2-6,13-14,18H,7-11H2,1H3,(H,16,19). The van der Waals surface area contributed by atoms with E-state index >= 15 is 0 Å². The highest BCUT2D eigenvalue weighted by molar-refractivity contribution is 5.74. The normalized spacial score (nSPS) is 15.9. The molecular formula is C15H22N2O2. The molecule has 0 saturated heterocycles. The van der Waals surface area contributed by atoms with E-state index in [-0.39, 0.29) is 18.6 Å². The van der Waals surface area contributed by atoms with Crippen LogP contribution in [0.4, 0.5) is 4.79 Å². The minimum atomic E-state index is -0.0126. The molecule has 1 aliphatic carbocycles. The van der Waals surface area contributed by atoms with Crippen LogP contribution >= 0.6 is 0 Å². The molecule has 1 atom stereocenters.